The maximum Gasteiger partial charge on any atom is 0.326 e. The Balaban J connectivity index is 1.43. The van der Waals surface area contributed by atoms with Gasteiger partial charge in [0.15, 0.2) is 0 Å². The van der Waals surface area contributed by atoms with Crippen molar-refractivity contribution in [3.63, 3.8) is 0 Å². The quantitative estimate of drug-likeness (QED) is 0.840. The average Bonchev–Trinajstić information content (AvgIpc) is 2.88. The van der Waals surface area contributed by atoms with E-state index in [9.17, 15) is 9.59 Å². The summed E-state index contributed by atoms with van der Waals surface area (Å²) in [5.74, 6) is 0.578. The zero-order chi connectivity index (χ0) is 19.0. The highest BCUT2D eigenvalue weighted by Crippen LogP contribution is 2.36. The Hall–Kier alpha value is -2.40. The number of benzene rings is 2. The van der Waals surface area contributed by atoms with Crippen LogP contribution in [0.15, 0.2) is 42.5 Å². The smallest absolute Gasteiger partial charge is 0.323 e. The molecule has 1 N–H and O–H groups in total. The molecule has 1 aliphatic heterocycles. The van der Waals surface area contributed by atoms with Crippen LogP contribution in [0.3, 0.4) is 0 Å². The average molecular weight is 365 g/mol. The lowest BCUT2D eigenvalue weighted by atomic mass is 9.77. The standard InChI is InChI=1S/C22H27N3O2/c1-16-9-11-22(12-10-16)20(26)25(21(27)23-22)15-24(2)14-17-7-8-18-5-3-4-6-19(18)13-17/h3-8,13,16H,9-12,14-15H2,1-2H3,(H,23,27). The monoisotopic (exact) mass is 365 g/mol. The summed E-state index contributed by atoms with van der Waals surface area (Å²) in [4.78, 5) is 28.9. The third-order valence-corrected chi connectivity index (χ3v) is 6.02. The number of hydrogen-bond donors (Lipinski definition) is 1. The summed E-state index contributed by atoms with van der Waals surface area (Å²) >= 11 is 0. The second kappa shape index (κ2) is 6.97. The summed E-state index contributed by atoms with van der Waals surface area (Å²) in [5, 5.41) is 5.41. The lowest BCUT2D eigenvalue weighted by molar-refractivity contribution is -0.134. The summed E-state index contributed by atoms with van der Waals surface area (Å²) < 4.78 is 0. The number of amides is 3. The highest BCUT2D eigenvalue weighted by atomic mass is 16.2. The number of nitrogens with zero attached hydrogens (tertiary/aromatic N) is 2. The van der Waals surface area contributed by atoms with Gasteiger partial charge in [-0.05, 0) is 61.1 Å². The van der Waals surface area contributed by atoms with Crippen LogP contribution in [0, 0.1) is 5.92 Å². The molecule has 0 radical (unpaired) electrons. The van der Waals surface area contributed by atoms with Gasteiger partial charge < -0.3 is 5.32 Å². The maximum absolute atomic E-state index is 13.0. The van der Waals surface area contributed by atoms with Crippen molar-refractivity contribution in [2.75, 3.05) is 13.7 Å². The van der Waals surface area contributed by atoms with Crippen molar-refractivity contribution in [2.45, 2.75) is 44.7 Å². The van der Waals surface area contributed by atoms with Crippen LogP contribution in [0.4, 0.5) is 4.79 Å². The molecule has 2 aliphatic rings. The molecule has 2 aromatic carbocycles. The maximum atomic E-state index is 13.0. The van der Waals surface area contributed by atoms with E-state index in [0.29, 0.717) is 19.1 Å². The molecule has 2 fully saturated rings. The van der Waals surface area contributed by atoms with E-state index in [2.05, 4.69) is 42.6 Å². The van der Waals surface area contributed by atoms with Gasteiger partial charge in [-0.3, -0.25) is 9.69 Å². The van der Waals surface area contributed by atoms with E-state index in [1.165, 1.54) is 21.2 Å². The fourth-order valence-electron chi connectivity index (χ4n) is 4.34. The summed E-state index contributed by atoms with van der Waals surface area (Å²) in [6.45, 7) is 3.21. The molecular weight excluding hydrogens is 338 g/mol. The molecule has 4 rings (SSSR count). The van der Waals surface area contributed by atoms with Gasteiger partial charge in [0.2, 0.25) is 0 Å². The lowest BCUT2D eigenvalue weighted by Crippen LogP contribution is -2.49. The molecule has 27 heavy (non-hydrogen) atoms. The van der Waals surface area contributed by atoms with Gasteiger partial charge in [0.25, 0.3) is 5.91 Å². The minimum Gasteiger partial charge on any atom is -0.323 e. The first-order chi connectivity index (χ1) is 13.0. The summed E-state index contributed by atoms with van der Waals surface area (Å²) in [6.07, 6.45) is 3.49. The molecule has 0 atom stereocenters. The van der Waals surface area contributed by atoms with Crippen molar-refractivity contribution in [1.82, 2.24) is 15.1 Å². The molecular formula is C22H27N3O2. The molecule has 142 valence electrons. The zero-order valence-electron chi connectivity index (χ0n) is 16.1. The van der Waals surface area contributed by atoms with Gasteiger partial charge in [-0.2, -0.15) is 0 Å². The number of urea groups is 1. The van der Waals surface area contributed by atoms with Gasteiger partial charge in [-0.25, -0.2) is 9.69 Å². The van der Waals surface area contributed by atoms with Crippen LogP contribution in [0.2, 0.25) is 0 Å². The van der Waals surface area contributed by atoms with Crippen molar-refractivity contribution >= 4 is 22.7 Å². The number of fused-ring (bicyclic) bond motifs is 1. The largest absolute Gasteiger partial charge is 0.326 e. The van der Waals surface area contributed by atoms with Crippen LogP contribution >= 0.6 is 0 Å². The van der Waals surface area contributed by atoms with Crippen LogP contribution in [0.25, 0.3) is 10.8 Å². The van der Waals surface area contributed by atoms with Gasteiger partial charge in [0.1, 0.15) is 5.54 Å². The minimum absolute atomic E-state index is 0.0511. The van der Waals surface area contributed by atoms with E-state index in [1.807, 2.05) is 24.1 Å². The van der Waals surface area contributed by atoms with Gasteiger partial charge in [0, 0.05) is 6.54 Å². The Morgan fingerprint density at radius 3 is 2.56 bits per heavy atom. The Morgan fingerprint density at radius 1 is 1.11 bits per heavy atom. The molecule has 5 nitrogen and oxygen atoms in total. The van der Waals surface area contributed by atoms with E-state index in [1.54, 1.807) is 0 Å². The zero-order valence-corrected chi connectivity index (χ0v) is 16.1. The summed E-state index contributed by atoms with van der Waals surface area (Å²) in [6, 6.07) is 14.4. The Labute approximate surface area is 160 Å². The predicted octanol–water partition coefficient (Wildman–Crippen LogP) is 3.73. The highest BCUT2D eigenvalue weighted by molar-refractivity contribution is 6.07. The van der Waals surface area contributed by atoms with Crippen molar-refractivity contribution in [1.29, 1.82) is 0 Å². The number of carbonyl (C=O) groups excluding carboxylic acids is 2. The Kier molecular flexibility index (Phi) is 4.64. The summed E-state index contributed by atoms with van der Waals surface area (Å²) in [7, 11) is 1.95. The number of hydrogen-bond acceptors (Lipinski definition) is 3. The number of imide groups is 1. The molecule has 1 heterocycles. The third kappa shape index (κ3) is 3.44. The lowest BCUT2D eigenvalue weighted by Gasteiger charge is -2.33. The topological polar surface area (TPSA) is 52.7 Å². The summed E-state index contributed by atoms with van der Waals surface area (Å²) in [5.41, 5.74) is 0.511. The predicted molar refractivity (Wildman–Crippen MR) is 106 cm³/mol. The Bertz CT molecular complexity index is 871. The van der Waals surface area contributed by atoms with E-state index < -0.39 is 5.54 Å². The molecule has 1 aliphatic carbocycles. The number of nitrogens with one attached hydrogen (secondary N) is 1. The second-order valence-electron chi connectivity index (χ2n) is 8.27. The molecule has 3 amide bonds. The molecule has 5 heteroatoms. The fraction of sp³-hybridized carbons (Fsp3) is 0.455. The minimum atomic E-state index is -0.659. The van der Waals surface area contributed by atoms with Crippen LogP contribution in [0.5, 0.6) is 0 Å². The van der Waals surface area contributed by atoms with Crippen LogP contribution in [0.1, 0.15) is 38.2 Å². The van der Waals surface area contributed by atoms with Crippen molar-refractivity contribution in [2.24, 2.45) is 5.92 Å². The van der Waals surface area contributed by atoms with Crippen LogP contribution in [-0.4, -0.2) is 41.0 Å². The molecule has 1 saturated heterocycles. The van der Waals surface area contributed by atoms with Crippen LogP contribution < -0.4 is 5.32 Å². The van der Waals surface area contributed by atoms with Crippen LogP contribution in [-0.2, 0) is 11.3 Å². The van der Waals surface area contributed by atoms with E-state index in [-0.39, 0.29) is 11.9 Å². The normalized spacial score (nSPS) is 25.6. The second-order valence-corrected chi connectivity index (χ2v) is 8.27. The first-order valence-electron chi connectivity index (χ1n) is 9.77. The van der Waals surface area contributed by atoms with Crippen molar-refractivity contribution in [3.05, 3.63) is 48.0 Å². The van der Waals surface area contributed by atoms with Crippen molar-refractivity contribution in [3.8, 4) is 0 Å². The first kappa shape index (κ1) is 18.0. The van der Waals surface area contributed by atoms with Gasteiger partial charge in [-0.1, -0.05) is 43.3 Å². The third-order valence-electron chi connectivity index (χ3n) is 6.02. The molecule has 1 spiro atoms. The molecule has 2 aromatic rings. The van der Waals surface area contributed by atoms with Gasteiger partial charge in [-0.15, -0.1) is 0 Å². The van der Waals surface area contributed by atoms with E-state index in [4.69, 9.17) is 0 Å². The van der Waals surface area contributed by atoms with Gasteiger partial charge in [0.05, 0.1) is 6.67 Å². The Morgan fingerprint density at radius 2 is 1.81 bits per heavy atom. The molecule has 1 saturated carbocycles. The first-order valence-corrected chi connectivity index (χ1v) is 9.77. The molecule has 0 bridgehead atoms. The number of rotatable bonds is 4. The number of carbonyl (C=O) groups is 2. The fourth-order valence-corrected chi connectivity index (χ4v) is 4.34. The SMILES string of the molecule is CC1CCC2(CC1)NC(=O)N(CN(C)Cc1ccc3ccccc3c1)C2=O. The molecule has 0 aromatic heterocycles. The van der Waals surface area contributed by atoms with E-state index in [0.717, 1.165) is 25.7 Å². The van der Waals surface area contributed by atoms with Crippen molar-refractivity contribution < 1.29 is 9.59 Å². The highest BCUT2D eigenvalue weighted by Gasteiger charge is 2.52. The molecule has 0 unspecified atom stereocenters. The van der Waals surface area contributed by atoms with E-state index >= 15 is 0 Å². The van der Waals surface area contributed by atoms with Gasteiger partial charge >= 0.3 is 6.03 Å².